The molecule has 0 atom stereocenters. The summed E-state index contributed by atoms with van der Waals surface area (Å²) < 4.78 is 6.80. The van der Waals surface area contributed by atoms with Crippen LogP contribution in [0.3, 0.4) is 0 Å². The van der Waals surface area contributed by atoms with Gasteiger partial charge in [0.2, 0.25) is 5.95 Å². The molecule has 9 nitrogen and oxygen atoms in total. The molecule has 27 heavy (non-hydrogen) atoms. The largest absolute Gasteiger partial charge is 0.495 e. The summed E-state index contributed by atoms with van der Waals surface area (Å²) in [6.07, 6.45) is 3.25. The van der Waals surface area contributed by atoms with Crippen molar-refractivity contribution in [3.8, 4) is 17.0 Å². The van der Waals surface area contributed by atoms with Crippen LogP contribution in [0.4, 0.5) is 17.3 Å². The monoisotopic (exact) mass is 363 g/mol. The van der Waals surface area contributed by atoms with Crippen molar-refractivity contribution >= 4 is 28.4 Å². The van der Waals surface area contributed by atoms with Crippen LogP contribution < -0.4 is 21.3 Å². The lowest BCUT2D eigenvalue weighted by Crippen LogP contribution is -2.20. The predicted molar refractivity (Wildman–Crippen MR) is 103 cm³/mol. The number of rotatable bonds is 4. The predicted octanol–water partition coefficient (Wildman–Crippen LogP) is 2.05. The maximum absolute atomic E-state index is 12.7. The Kier molecular flexibility index (Phi) is 3.96. The summed E-state index contributed by atoms with van der Waals surface area (Å²) in [6.45, 7) is 0. The summed E-state index contributed by atoms with van der Waals surface area (Å²) in [6, 6.07) is 8.71. The Morgan fingerprint density at radius 3 is 2.85 bits per heavy atom. The summed E-state index contributed by atoms with van der Waals surface area (Å²) in [4.78, 5) is 21.5. The quantitative estimate of drug-likeness (QED) is 0.474. The van der Waals surface area contributed by atoms with Crippen LogP contribution in [-0.4, -0.2) is 31.8 Å². The minimum atomic E-state index is -0.182. The minimum absolute atomic E-state index is 0.182. The number of methoxy groups -OCH3 is 1. The molecule has 0 saturated heterocycles. The highest BCUT2D eigenvalue weighted by Crippen LogP contribution is 2.29. The lowest BCUT2D eigenvalue weighted by molar-refractivity contribution is 0.417. The molecule has 4 aromatic rings. The average Bonchev–Trinajstić information content (AvgIpc) is 3.20. The summed E-state index contributed by atoms with van der Waals surface area (Å²) in [7, 11) is 3.24. The molecule has 9 heteroatoms. The van der Waals surface area contributed by atoms with Crippen molar-refractivity contribution in [1.29, 1.82) is 0 Å². The summed E-state index contributed by atoms with van der Waals surface area (Å²) >= 11 is 0. The number of hydrogen-bond donors (Lipinski definition) is 3. The maximum Gasteiger partial charge on any atom is 0.261 e. The van der Waals surface area contributed by atoms with E-state index in [4.69, 9.17) is 10.5 Å². The van der Waals surface area contributed by atoms with E-state index in [9.17, 15) is 4.79 Å². The second-order valence-electron chi connectivity index (χ2n) is 5.95. The molecule has 4 N–H and O–H groups in total. The Balaban J connectivity index is 1.80. The zero-order valence-corrected chi connectivity index (χ0v) is 14.7. The third-order valence-electron chi connectivity index (χ3n) is 4.21. The Morgan fingerprint density at radius 2 is 2.11 bits per heavy atom. The van der Waals surface area contributed by atoms with E-state index in [1.165, 1.54) is 4.57 Å². The Bertz CT molecular complexity index is 1180. The molecule has 0 aliphatic carbocycles. The topological polar surface area (TPSA) is 124 Å². The van der Waals surface area contributed by atoms with E-state index in [1.54, 1.807) is 56.9 Å². The number of aromatic amines is 1. The number of aromatic nitrogens is 5. The highest BCUT2D eigenvalue weighted by atomic mass is 16.5. The van der Waals surface area contributed by atoms with Gasteiger partial charge in [-0.3, -0.25) is 14.5 Å². The second-order valence-corrected chi connectivity index (χ2v) is 5.95. The number of pyridine rings is 1. The molecule has 0 radical (unpaired) electrons. The van der Waals surface area contributed by atoms with Gasteiger partial charge in [0.25, 0.3) is 5.56 Å². The van der Waals surface area contributed by atoms with Crippen molar-refractivity contribution < 1.29 is 4.74 Å². The van der Waals surface area contributed by atoms with Crippen molar-refractivity contribution in [2.45, 2.75) is 0 Å². The van der Waals surface area contributed by atoms with Gasteiger partial charge in [0.1, 0.15) is 11.4 Å². The molecule has 0 aliphatic heterocycles. The molecule has 3 aromatic heterocycles. The fourth-order valence-corrected chi connectivity index (χ4v) is 2.85. The van der Waals surface area contributed by atoms with Crippen LogP contribution in [0.5, 0.6) is 5.75 Å². The van der Waals surface area contributed by atoms with E-state index >= 15 is 0 Å². The van der Waals surface area contributed by atoms with Gasteiger partial charge >= 0.3 is 0 Å². The Hall–Kier alpha value is -3.88. The van der Waals surface area contributed by atoms with Crippen LogP contribution in [0.2, 0.25) is 0 Å². The molecule has 0 unspecified atom stereocenters. The maximum atomic E-state index is 12.7. The molecule has 0 saturated carbocycles. The van der Waals surface area contributed by atoms with E-state index in [0.29, 0.717) is 40.0 Å². The number of nitrogens with one attached hydrogen (secondary N) is 2. The number of anilines is 3. The van der Waals surface area contributed by atoms with Crippen LogP contribution in [0, 0.1) is 0 Å². The second kappa shape index (κ2) is 6.45. The molecule has 4 rings (SSSR count). The molecule has 0 aliphatic rings. The van der Waals surface area contributed by atoms with Crippen molar-refractivity contribution in [3.05, 3.63) is 53.1 Å². The first kappa shape index (κ1) is 16.6. The summed E-state index contributed by atoms with van der Waals surface area (Å²) in [5, 5.41) is 10.5. The number of nitrogens with zero attached hydrogens (tertiary/aromatic N) is 4. The molecule has 0 spiro atoms. The Labute approximate surface area is 153 Å². The highest BCUT2D eigenvalue weighted by Gasteiger charge is 2.13. The number of H-pyrrole nitrogens is 1. The highest BCUT2D eigenvalue weighted by molar-refractivity contribution is 5.81. The molecule has 0 bridgehead atoms. The molecular weight excluding hydrogens is 346 g/mol. The minimum Gasteiger partial charge on any atom is -0.495 e. The third-order valence-corrected chi connectivity index (χ3v) is 4.21. The molecule has 1 aromatic carbocycles. The van der Waals surface area contributed by atoms with Gasteiger partial charge in [-0.2, -0.15) is 10.1 Å². The Morgan fingerprint density at radius 1 is 1.26 bits per heavy atom. The number of hydrogen-bond acceptors (Lipinski definition) is 7. The van der Waals surface area contributed by atoms with Crippen molar-refractivity contribution in [1.82, 2.24) is 24.7 Å². The fraction of sp³-hybridized carbons (Fsp3) is 0.111. The molecule has 0 fully saturated rings. The van der Waals surface area contributed by atoms with Gasteiger partial charge in [-0.1, -0.05) is 0 Å². The number of nitrogen functional groups attached to an aromatic ring is 1. The molecule has 0 amide bonds. The van der Waals surface area contributed by atoms with Crippen LogP contribution in [0.1, 0.15) is 0 Å². The molecule has 136 valence electrons. The number of aryl methyl sites for hydroxylation is 1. The lowest BCUT2D eigenvalue weighted by atomic mass is 10.1. The lowest BCUT2D eigenvalue weighted by Gasteiger charge is -2.12. The first-order chi connectivity index (χ1) is 13.1. The average molecular weight is 363 g/mol. The van der Waals surface area contributed by atoms with Crippen molar-refractivity contribution in [2.24, 2.45) is 7.05 Å². The van der Waals surface area contributed by atoms with Crippen molar-refractivity contribution in [3.63, 3.8) is 0 Å². The van der Waals surface area contributed by atoms with Gasteiger partial charge in [0.15, 0.2) is 0 Å². The number of fused-ring (bicyclic) bond motifs is 1. The first-order valence-electron chi connectivity index (χ1n) is 8.14. The molecule has 3 heterocycles. The van der Waals surface area contributed by atoms with Crippen LogP contribution >= 0.6 is 0 Å². The van der Waals surface area contributed by atoms with E-state index in [1.807, 2.05) is 0 Å². The normalized spacial score (nSPS) is 10.9. The standard InChI is InChI=1S/C18H17N7O2/c1-25-16-10(7-12(17(25)26)13-5-6-21-24-13)9-20-18(23-16)22-14-8-11(19)3-4-15(14)27-2/h3-9H,19H2,1-2H3,(H,21,24)(H,20,22,23). The van der Waals surface area contributed by atoms with Gasteiger partial charge in [-0.15, -0.1) is 0 Å². The van der Waals surface area contributed by atoms with Gasteiger partial charge in [0, 0.05) is 30.5 Å². The SMILES string of the molecule is COc1ccc(N)cc1Nc1ncc2cc(-c3ccn[nH]3)c(=O)n(C)c2n1. The first-order valence-corrected chi connectivity index (χ1v) is 8.14. The number of ether oxygens (including phenoxy) is 1. The molecular formula is C18H17N7O2. The zero-order chi connectivity index (χ0) is 19.0. The summed E-state index contributed by atoms with van der Waals surface area (Å²) in [5.74, 6) is 0.937. The van der Waals surface area contributed by atoms with E-state index in [0.717, 1.165) is 5.39 Å². The third kappa shape index (κ3) is 2.95. The van der Waals surface area contributed by atoms with Gasteiger partial charge < -0.3 is 15.8 Å². The van der Waals surface area contributed by atoms with Crippen LogP contribution in [0.25, 0.3) is 22.3 Å². The van der Waals surface area contributed by atoms with E-state index < -0.39 is 0 Å². The van der Waals surface area contributed by atoms with Crippen molar-refractivity contribution in [2.75, 3.05) is 18.2 Å². The fourth-order valence-electron chi connectivity index (χ4n) is 2.85. The van der Waals surface area contributed by atoms with Gasteiger partial charge in [-0.25, -0.2) is 4.98 Å². The number of nitrogens with two attached hydrogens (primary N) is 1. The van der Waals surface area contributed by atoms with Crippen LogP contribution in [0.15, 0.2) is 47.5 Å². The summed E-state index contributed by atoms with van der Waals surface area (Å²) in [5.41, 5.74) is 8.53. The van der Waals surface area contributed by atoms with Gasteiger partial charge in [-0.05, 0) is 30.3 Å². The van der Waals surface area contributed by atoms with Gasteiger partial charge in [0.05, 0.1) is 24.1 Å². The smallest absolute Gasteiger partial charge is 0.261 e. The van der Waals surface area contributed by atoms with E-state index in [2.05, 4.69) is 25.5 Å². The number of benzene rings is 1. The zero-order valence-electron chi connectivity index (χ0n) is 14.7. The van der Waals surface area contributed by atoms with Crippen LogP contribution in [-0.2, 0) is 7.05 Å². The van der Waals surface area contributed by atoms with E-state index in [-0.39, 0.29) is 5.56 Å².